The Morgan fingerprint density at radius 3 is 2.02 bits per heavy atom. The van der Waals surface area contributed by atoms with Crippen LogP contribution in [0.5, 0.6) is 11.5 Å². The zero-order valence-corrected chi connectivity index (χ0v) is 22.7. The summed E-state index contributed by atoms with van der Waals surface area (Å²) in [7, 11) is 3.24. The second kappa shape index (κ2) is 10.5. The highest BCUT2D eigenvalue weighted by Crippen LogP contribution is 2.58. The highest BCUT2D eigenvalue weighted by molar-refractivity contribution is 5.81. The number of fused-ring (bicyclic) bond motifs is 1. The van der Waals surface area contributed by atoms with Crippen LogP contribution in [0.15, 0.2) is 91.5 Å². The van der Waals surface area contributed by atoms with Gasteiger partial charge in [0.1, 0.15) is 29.4 Å². The smallest absolute Gasteiger partial charge is 0.168 e. The lowest BCUT2D eigenvalue weighted by Crippen LogP contribution is -2.55. The van der Waals surface area contributed by atoms with E-state index < -0.39 is 23.3 Å². The van der Waals surface area contributed by atoms with Crippen molar-refractivity contribution in [2.45, 2.75) is 29.8 Å². The number of nitrogens with two attached hydrogens (primary N) is 1. The van der Waals surface area contributed by atoms with Gasteiger partial charge < -0.3 is 30.2 Å². The normalized spacial score (nSPS) is 20.8. The first-order valence-corrected chi connectivity index (χ1v) is 13.2. The molecule has 1 fully saturated rings. The maximum absolute atomic E-state index is 11.4. The summed E-state index contributed by atoms with van der Waals surface area (Å²) in [6, 6.07) is 25.5. The van der Waals surface area contributed by atoms with Crippen LogP contribution in [0.1, 0.15) is 23.1 Å². The van der Waals surface area contributed by atoms with Crippen molar-refractivity contribution < 1.29 is 24.4 Å². The zero-order valence-electron chi connectivity index (χ0n) is 22.7. The van der Waals surface area contributed by atoms with Crippen molar-refractivity contribution >= 4 is 17.0 Å². The van der Waals surface area contributed by atoms with Gasteiger partial charge >= 0.3 is 0 Å². The highest BCUT2D eigenvalue weighted by Gasteiger charge is 2.63. The Balaban J connectivity index is 1.79. The van der Waals surface area contributed by atoms with Gasteiger partial charge in [0.05, 0.1) is 38.7 Å². The monoisotopic (exact) mass is 553 g/mol. The Morgan fingerprint density at radius 1 is 0.902 bits per heavy atom. The summed E-state index contributed by atoms with van der Waals surface area (Å²) < 4.78 is 19.7. The van der Waals surface area contributed by atoms with Crippen LogP contribution in [0.2, 0.25) is 0 Å². The summed E-state index contributed by atoms with van der Waals surface area (Å²) in [5.74, 6) is 1.60. The van der Waals surface area contributed by atoms with Gasteiger partial charge in [0.15, 0.2) is 17.2 Å². The third-order valence-corrected chi connectivity index (χ3v) is 8.03. The molecule has 6 rings (SSSR count). The third kappa shape index (κ3) is 4.02. The predicted molar refractivity (Wildman–Crippen MR) is 153 cm³/mol. The van der Waals surface area contributed by atoms with Gasteiger partial charge in [-0.2, -0.15) is 0 Å². The summed E-state index contributed by atoms with van der Waals surface area (Å²) in [6.07, 6.45) is 1.21. The molecule has 0 saturated carbocycles. The number of benzene rings is 3. The van der Waals surface area contributed by atoms with E-state index in [-0.39, 0.29) is 18.8 Å². The van der Waals surface area contributed by atoms with Gasteiger partial charge in [-0.25, -0.2) is 15.0 Å². The molecule has 3 atom stereocenters. The van der Waals surface area contributed by atoms with Crippen LogP contribution in [0.3, 0.4) is 0 Å². The van der Waals surface area contributed by atoms with E-state index in [2.05, 4.69) is 15.0 Å². The van der Waals surface area contributed by atoms with E-state index in [1.807, 2.05) is 83.4 Å². The molecule has 0 unspecified atom stereocenters. The molecule has 210 valence electrons. The van der Waals surface area contributed by atoms with Crippen LogP contribution < -0.4 is 15.2 Å². The van der Waals surface area contributed by atoms with Gasteiger partial charge in [-0.05, 0) is 41.0 Å². The summed E-state index contributed by atoms with van der Waals surface area (Å²) in [5.41, 5.74) is 7.13. The average Bonchev–Trinajstić information content (AvgIpc) is 3.61. The number of aliphatic hydroxyl groups excluding tert-OH is 2. The standard InChI is InChI=1S/C31H31N5O5/c1-39-23-12-8-21(9-13-23)31(20-6-4-3-5-7-20,22-10-14-24(40-2)15-11-22)30(16-25(38)26(17-37)41-30)36-19-35-27-28(32)33-18-34-29(27)36/h3-15,18-19,25-26,37-38H,16-17H2,1-2H3,(H2,32,33,34)/t25-,26+,30-/m0/s1. The molecular formula is C31H31N5O5. The van der Waals surface area contributed by atoms with Crippen molar-refractivity contribution in [2.24, 2.45) is 0 Å². The summed E-state index contributed by atoms with van der Waals surface area (Å²) >= 11 is 0. The maximum Gasteiger partial charge on any atom is 0.168 e. The topological polar surface area (TPSA) is 138 Å². The van der Waals surface area contributed by atoms with E-state index in [4.69, 9.17) is 19.9 Å². The van der Waals surface area contributed by atoms with Gasteiger partial charge in [0.25, 0.3) is 0 Å². The van der Waals surface area contributed by atoms with Crippen molar-refractivity contribution in [3.63, 3.8) is 0 Å². The lowest BCUT2D eigenvalue weighted by molar-refractivity contribution is -0.143. The number of aliphatic hydroxyl groups is 2. The van der Waals surface area contributed by atoms with Crippen LogP contribution in [0.25, 0.3) is 11.2 Å². The molecule has 10 nitrogen and oxygen atoms in total. The number of aromatic nitrogens is 4. The Hall–Kier alpha value is -4.51. The van der Waals surface area contributed by atoms with Crippen molar-refractivity contribution in [1.82, 2.24) is 19.5 Å². The molecule has 0 amide bonds. The predicted octanol–water partition coefficient (Wildman–Crippen LogP) is 3.26. The number of hydrogen-bond donors (Lipinski definition) is 3. The average molecular weight is 554 g/mol. The molecule has 1 saturated heterocycles. The second-order valence-electron chi connectivity index (χ2n) is 10.0. The van der Waals surface area contributed by atoms with Crippen LogP contribution in [0.4, 0.5) is 5.82 Å². The van der Waals surface area contributed by atoms with Gasteiger partial charge in [0.2, 0.25) is 0 Å². The van der Waals surface area contributed by atoms with Gasteiger partial charge in [-0.1, -0.05) is 54.6 Å². The van der Waals surface area contributed by atoms with Crippen LogP contribution in [0, 0.1) is 0 Å². The molecule has 2 aromatic heterocycles. The minimum absolute atomic E-state index is 0.0978. The number of rotatable bonds is 8. The molecule has 0 radical (unpaired) electrons. The van der Waals surface area contributed by atoms with E-state index >= 15 is 0 Å². The van der Waals surface area contributed by atoms with Crippen LogP contribution in [-0.4, -0.2) is 62.8 Å². The SMILES string of the molecule is COc1ccc(C(c2ccccc2)(c2ccc(OC)cc2)[C@]2(n3cnc4c(N)ncnc43)C[C@H](O)[C@@H](CO)O2)cc1. The van der Waals surface area contributed by atoms with Gasteiger partial charge in [-0.15, -0.1) is 0 Å². The molecule has 3 heterocycles. The minimum Gasteiger partial charge on any atom is -0.497 e. The molecule has 1 aliphatic rings. The van der Waals surface area contributed by atoms with E-state index in [1.165, 1.54) is 6.33 Å². The number of hydrogen-bond acceptors (Lipinski definition) is 9. The van der Waals surface area contributed by atoms with E-state index in [9.17, 15) is 10.2 Å². The summed E-state index contributed by atoms with van der Waals surface area (Å²) in [6.45, 7) is -0.386. The largest absolute Gasteiger partial charge is 0.497 e. The van der Waals surface area contributed by atoms with Crippen molar-refractivity contribution in [2.75, 3.05) is 26.6 Å². The first kappa shape index (κ1) is 26.7. The van der Waals surface area contributed by atoms with Crippen LogP contribution in [-0.2, 0) is 15.9 Å². The van der Waals surface area contributed by atoms with Crippen molar-refractivity contribution in [3.05, 3.63) is 108 Å². The Labute approximate surface area is 237 Å². The molecule has 0 spiro atoms. The fraction of sp³-hybridized carbons (Fsp3) is 0.258. The summed E-state index contributed by atoms with van der Waals surface area (Å²) in [4.78, 5) is 13.3. The Bertz CT molecular complexity index is 1590. The molecule has 5 aromatic rings. The first-order valence-electron chi connectivity index (χ1n) is 13.2. The lowest BCUT2D eigenvalue weighted by Gasteiger charge is -2.50. The molecule has 3 aromatic carbocycles. The maximum atomic E-state index is 11.4. The molecule has 1 aliphatic heterocycles. The molecule has 41 heavy (non-hydrogen) atoms. The van der Waals surface area contributed by atoms with Crippen molar-refractivity contribution in [3.8, 4) is 11.5 Å². The van der Waals surface area contributed by atoms with E-state index in [1.54, 1.807) is 20.5 Å². The molecule has 4 N–H and O–H groups in total. The van der Waals surface area contributed by atoms with Crippen LogP contribution >= 0.6 is 0 Å². The fourth-order valence-corrected chi connectivity index (χ4v) is 6.19. The third-order valence-electron chi connectivity index (χ3n) is 8.03. The highest BCUT2D eigenvalue weighted by atomic mass is 16.6. The molecule has 10 heteroatoms. The minimum atomic E-state index is -1.39. The molecule has 0 aliphatic carbocycles. The zero-order chi connectivity index (χ0) is 28.6. The lowest BCUT2D eigenvalue weighted by atomic mass is 9.61. The number of ether oxygens (including phenoxy) is 3. The number of anilines is 1. The number of methoxy groups -OCH3 is 2. The van der Waals surface area contributed by atoms with E-state index in [0.29, 0.717) is 22.7 Å². The molecular weight excluding hydrogens is 522 g/mol. The Morgan fingerprint density at radius 2 is 1.49 bits per heavy atom. The Kier molecular flexibility index (Phi) is 6.82. The quantitative estimate of drug-likeness (QED) is 0.247. The number of nitrogens with zero attached hydrogens (tertiary/aromatic N) is 4. The van der Waals surface area contributed by atoms with Crippen molar-refractivity contribution in [1.29, 1.82) is 0 Å². The first-order chi connectivity index (χ1) is 20.0. The molecule has 0 bridgehead atoms. The second-order valence-corrected chi connectivity index (χ2v) is 10.0. The van der Waals surface area contributed by atoms with E-state index in [0.717, 1.165) is 16.7 Å². The number of nitrogen functional groups attached to an aromatic ring is 1. The summed E-state index contributed by atoms with van der Waals surface area (Å²) in [5, 5.41) is 21.8. The van der Waals surface area contributed by atoms with Gasteiger partial charge in [0, 0.05) is 6.42 Å². The number of imidazole rings is 1. The fourth-order valence-electron chi connectivity index (χ4n) is 6.19. The van der Waals surface area contributed by atoms with Gasteiger partial charge in [-0.3, -0.25) is 4.57 Å².